The Hall–Kier alpha value is -2.82. The van der Waals surface area contributed by atoms with Crippen LogP contribution in [0.4, 0.5) is 17.6 Å². The highest BCUT2D eigenvalue weighted by Crippen LogP contribution is 2.29. The molecule has 10 nitrogen and oxygen atoms in total. The van der Waals surface area contributed by atoms with Crippen molar-refractivity contribution in [2.75, 3.05) is 49.7 Å². The molecule has 0 aromatic carbocycles. The second kappa shape index (κ2) is 10.9. The Morgan fingerprint density at radius 2 is 2.00 bits per heavy atom. The molecule has 178 valence electrons. The van der Waals surface area contributed by atoms with Gasteiger partial charge in [-0.15, -0.1) is 0 Å². The fourth-order valence-electron chi connectivity index (χ4n) is 3.96. The van der Waals surface area contributed by atoms with E-state index in [-0.39, 0.29) is 0 Å². The quantitative estimate of drug-likeness (QED) is 0.448. The third-order valence-electron chi connectivity index (χ3n) is 5.53. The van der Waals surface area contributed by atoms with Crippen molar-refractivity contribution in [1.82, 2.24) is 30.0 Å². The number of aryl methyl sites for hydroxylation is 1. The SMILES string of the molecule is CCOCCn1nc(COCC)c2nc(N3CCN[C@H](C)C3)nc(Nc3cccc(C)n3)c21. The molecular weight excluding hydrogens is 420 g/mol. The third kappa shape index (κ3) is 5.58. The molecule has 0 saturated carbocycles. The number of ether oxygens (including phenoxy) is 2. The van der Waals surface area contributed by atoms with Gasteiger partial charge in [-0.25, -0.2) is 9.97 Å². The average Bonchev–Trinajstić information content (AvgIpc) is 3.15. The van der Waals surface area contributed by atoms with Crippen molar-refractivity contribution in [1.29, 1.82) is 0 Å². The fraction of sp³-hybridized carbons (Fsp3) is 0.565. The van der Waals surface area contributed by atoms with E-state index in [0.29, 0.717) is 50.8 Å². The lowest BCUT2D eigenvalue weighted by molar-refractivity contribution is 0.128. The van der Waals surface area contributed by atoms with Crippen molar-refractivity contribution >= 4 is 28.6 Å². The Morgan fingerprint density at radius 1 is 1.15 bits per heavy atom. The van der Waals surface area contributed by atoms with Crippen LogP contribution in [0.3, 0.4) is 0 Å². The number of anilines is 3. The molecule has 0 spiro atoms. The molecule has 3 aromatic heterocycles. The molecule has 0 bridgehead atoms. The zero-order valence-corrected chi connectivity index (χ0v) is 20.0. The predicted molar refractivity (Wildman–Crippen MR) is 129 cm³/mol. The maximum atomic E-state index is 5.72. The van der Waals surface area contributed by atoms with E-state index in [1.807, 2.05) is 43.7 Å². The lowest BCUT2D eigenvalue weighted by Crippen LogP contribution is -2.49. The molecule has 33 heavy (non-hydrogen) atoms. The summed E-state index contributed by atoms with van der Waals surface area (Å²) in [4.78, 5) is 16.8. The molecule has 4 heterocycles. The summed E-state index contributed by atoms with van der Waals surface area (Å²) >= 11 is 0. The minimum absolute atomic E-state index is 0.365. The van der Waals surface area contributed by atoms with Gasteiger partial charge in [0, 0.05) is 44.6 Å². The molecule has 1 aliphatic rings. The number of rotatable bonds is 10. The highest BCUT2D eigenvalue weighted by molar-refractivity contribution is 5.90. The molecule has 1 aliphatic heterocycles. The van der Waals surface area contributed by atoms with Gasteiger partial charge in [-0.2, -0.15) is 10.1 Å². The Morgan fingerprint density at radius 3 is 2.76 bits per heavy atom. The van der Waals surface area contributed by atoms with Crippen molar-refractivity contribution in [3.8, 4) is 0 Å². The van der Waals surface area contributed by atoms with E-state index < -0.39 is 0 Å². The lowest BCUT2D eigenvalue weighted by Gasteiger charge is -2.32. The number of fused-ring (bicyclic) bond motifs is 1. The second-order valence-electron chi connectivity index (χ2n) is 8.16. The van der Waals surface area contributed by atoms with Gasteiger partial charge < -0.3 is 25.0 Å². The van der Waals surface area contributed by atoms with E-state index in [0.717, 1.165) is 47.9 Å². The van der Waals surface area contributed by atoms with Gasteiger partial charge in [-0.1, -0.05) is 6.07 Å². The number of hydrogen-bond acceptors (Lipinski definition) is 9. The molecule has 0 radical (unpaired) electrons. The molecular formula is C23H34N8O2. The van der Waals surface area contributed by atoms with Gasteiger partial charge in [0.1, 0.15) is 22.5 Å². The van der Waals surface area contributed by atoms with Crippen molar-refractivity contribution in [3.05, 3.63) is 29.6 Å². The Bertz CT molecular complexity index is 1070. The third-order valence-corrected chi connectivity index (χ3v) is 5.53. The molecule has 1 saturated heterocycles. The number of piperazine rings is 1. The first-order chi connectivity index (χ1) is 16.1. The predicted octanol–water partition coefficient (Wildman–Crippen LogP) is 2.64. The molecule has 0 unspecified atom stereocenters. The zero-order valence-electron chi connectivity index (χ0n) is 20.0. The molecule has 3 aromatic rings. The number of aromatic nitrogens is 5. The van der Waals surface area contributed by atoms with Crippen LogP contribution >= 0.6 is 0 Å². The van der Waals surface area contributed by atoms with Crippen LogP contribution in [0, 0.1) is 6.92 Å². The van der Waals surface area contributed by atoms with Gasteiger partial charge in [-0.05, 0) is 39.8 Å². The summed E-state index contributed by atoms with van der Waals surface area (Å²) in [7, 11) is 0. The standard InChI is InChI=1S/C23H34N8O2/c1-5-32-13-12-31-21-20(18(29-31)15-33-6-2)27-23(30-11-10-24-17(4)14-30)28-22(21)26-19-9-7-8-16(3)25-19/h7-9,17,24H,5-6,10-15H2,1-4H3,(H,25,26,27,28)/t17-/m1/s1. The van der Waals surface area contributed by atoms with Crippen molar-refractivity contribution in [2.45, 2.75) is 46.9 Å². The van der Waals surface area contributed by atoms with E-state index in [1.165, 1.54) is 0 Å². The summed E-state index contributed by atoms with van der Waals surface area (Å²) in [5.74, 6) is 2.11. The van der Waals surface area contributed by atoms with Crippen LogP contribution in [0.25, 0.3) is 11.0 Å². The molecule has 2 N–H and O–H groups in total. The molecule has 1 fully saturated rings. The first-order valence-corrected chi connectivity index (χ1v) is 11.7. The summed E-state index contributed by atoms with van der Waals surface area (Å²) in [6.07, 6.45) is 0. The highest BCUT2D eigenvalue weighted by Gasteiger charge is 2.24. The number of pyridine rings is 1. The van der Waals surface area contributed by atoms with E-state index >= 15 is 0 Å². The number of nitrogens with zero attached hydrogens (tertiary/aromatic N) is 6. The van der Waals surface area contributed by atoms with Gasteiger partial charge in [0.05, 0.1) is 19.8 Å². The Labute approximate surface area is 194 Å². The largest absolute Gasteiger partial charge is 0.380 e. The molecule has 0 amide bonds. The normalized spacial score (nSPS) is 16.5. The van der Waals surface area contributed by atoms with Crippen LogP contribution in [0.5, 0.6) is 0 Å². The van der Waals surface area contributed by atoms with E-state index in [9.17, 15) is 0 Å². The van der Waals surface area contributed by atoms with Crippen LogP contribution in [0.15, 0.2) is 18.2 Å². The first-order valence-electron chi connectivity index (χ1n) is 11.7. The van der Waals surface area contributed by atoms with Gasteiger partial charge in [0.25, 0.3) is 0 Å². The van der Waals surface area contributed by atoms with Gasteiger partial charge in [-0.3, -0.25) is 4.68 Å². The van der Waals surface area contributed by atoms with Crippen molar-refractivity contribution in [3.63, 3.8) is 0 Å². The molecule has 1 atom stereocenters. The van der Waals surface area contributed by atoms with Crippen LogP contribution in [-0.2, 0) is 22.6 Å². The number of nitrogens with one attached hydrogen (secondary N) is 2. The van der Waals surface area contributed by atoms with Gasteiger partial charge in [0.15, 0.2) is 5.82 Å². The molecule has 0 aliphatic carbocycles. The van der Waals surface area contributed by atoms with E-state index in [2.05, 4.69) is 27.4 Å². The minimum atomic E-state index is 0.365. The summed E-state index contributed by atoms with van der Waals surface area (Å²) in [5, 5.41) is 11.7. The molecule has 10 heteroatoms. The maximum absolute atomic E-state index is 5.72. The minimum Gasteiger partial charge on any atom is -0.380 e. The molecule has 4 rings (SSSR count). The van der Waals surface area contributed by atoms with Crippen LogP contribution in [-0.4, -0.2) is 70.2 Å². The monoisotopic (exact) mass is 454 g/mol. The summed E-state index contributed by atoms with van der Waals surface area (Å²) in [6, 6.07) is 6.26. The van der Waals surface area contributed by atoms with Crippen molar-refractivity contribution in [2.24, 2.45) is 0 Å². The Balaban J connectivity index is 1.82. The lowest BCUT2D eigenvalue weighted by atomic mass is 10.2. The van der Waals surface area contributed by atoms with Gasteiger partial charge in [0.2, 0.25) is 5.95 Å². The fourth-order valence-corrected chi connectivity index (χ4v) is 3.96. The highest BCUT2D eigenvalue weighted by atomic mass is 16.5. The number of hydrogen-bond donors (Lipinski definition) is 2. The van der Waals surface area contributed by atoms with E-state index in [1.54, 1.807) is 0 Å². The second-order valence-corrected chi connectivity index (χ2v) is 8.16. The zero-order chi connectivity index (χ0) is 23.2. The van der Waals surface area contributed by atoms with Crippen LogP contribution in [0.1, 0.15) is 32.2 Å². The summed E-state index contributed by atoms with van der Waals surface area (Å²) in [6.45, 7) is 13.5. The first kappa shape index (κ1) is 23.3. The Kier molecular flexibility index (Phi) is 7.69. The summed E-state index contributed by atoms with van der Waals surface area (Å²) in [5.41, 5.74) is 3.37. The maximum Gasteiger partial charge on any atom is 0.228 e. The smallest absolute Gasteiger partial charge is 0.228 e. The van der Waals surface area contributed by atoms with Crippen LogP contribution < -0.4 is 15.5 Å². The average molecular weight is 455 g/mol. The van der Waals surface area contributed by atoms with Gasteiger partial charge >= 0.3 is 0 Å². The van der Waals surface area contributed by atoms with Crippen molar-refractivity contribution < 1.29 is 9.47 Å². The van der Waals surface area contributed by atoms with E-state index in [4.69, 9.17) is 24.5 Å². The summed E-state index contributed by atoms with van der Waals surface area (Å²) < 4.78 is 13.2. The topological polar surface area (TPSA) is 102 Å². The van der Waals surface area contributed by atoms with Crippen LogP contribution in [0.2, 0.25) is 0 Å².